The van der Waals surface area contributed by atoms with E-state index in [0.717, 1.165) is 60.6 Å². The normalized spacial score (nSPS) is 24.4. The van der Waals surface area contributed by atoms with Gasteiger partial charge in [0.25, 0.3) is 0 Å². The van der Waals surface area contributed by atoms with Crippen LogP contribution in [0.1, 0.15) is 44.9 Å². The van der Waals surface area contributed by atoms with Gasteiger partial charge >= 0.3 is 12.1 Å². The van der Waals surface area contributed by atoms with Gasteiger partial charge in [-0.3, -0.25) is 4.90 Å². The number of rotatable bonds is 7. The molecule has 8 heteroatoms. The molecule has 1 unspecified atom stereocenters. The highest BCUT2D eigenvalue weighted by Gasteiger charge is 2.43. The van der Waals surface area contributed by atoms with Gasteiger partial charge in [0.1, 0.15) is 11.9 Å². The molecule has 194 valence electrons. The van der Waals surface area contributed by atoms with E-state index in [2.05, 4.69) is 4.90 Å². The maximum absolute atomic E-state index is 12.9. The number of piperidine rings is 3. The van der Waals surface area contributed by atoms with E-state index in [4.69, 9.17) is 9.57 Å². The number of fused-ring (bicyclic) bond motifs is 3. The van der Waals surface area contributed by atoms with Crippen LogP contribution in [0.5, 0.6) is 5.75 Å². The van der Waals surface area contributed by atoms with Crippen molar-refractivity contribution in [2.75, 3.05) is 31.2 Å². The number of hydrogen-bond acceptors (Lipinski definition) is 5. The van der Waals surface area contributed by atoms with Crippen molar-refractivity contribution in [3.05, 3.63) is 48.5 Å². The third-order valence-corrected chi connectivity index (χ3v) is 7.80. The Kier molecular flexibility index (Phi) is 7.42. The largest absolute Gasteiger partial charge is 0.493 e. The quantitative estimate of drug-likeness (QED) is 0.420. The molecular formula is C28H33F3N2O3. The van der Waals surface area contributed by atoms with E-state index in [1.165, 1.54) is 25.9 Å². The van der Waals surface area contributed by atoms with Crippen molar-refractivity contribution in [2.45, 2.75) is 57.2 Å². The molecular weight excluding hydrogens is 469 g/mol. The second kappa shape index (κ2) is 10.7. The van der Waals surface area contributed by atoms with E-state index in [-0.39, 0.29) is 18.6 Å². The van der Waals surface area contributed by atoms with Crippen LogP contribution >= 0.6 is 0 Å². The topological polar surface area (TPSA) is 42.0 Å². The third-order valence-electron chi connectivity index (χ3n) is 7.80. The first-order chi connectivity index (χ1) is 17.3. The zero-order valence-electron chi connectivity index (χ0n) is 20.4. The average molecular weight is 503 g/mol. The highest BCUT2D eigenvalue weighted by molar-refractivity contribution is 5.77. The van der Waals surface area contributed by atoms with Crippen LogP contribution in [0.25, 0.3) is 11.1 Å². The first-order valence-electron chi connectivity index (χ1n) is 13.0. The Morgan fingerprint density at radius 1 is 0.889 bits per heavy atom. The summed E-state index contributed by atoms with van der Waals surface area (Å²) in [5.74, 6) is -0.513. The Morgan fingerprint density at radius 3 is 2.06 bits per heavy atom. The molecule has 2 aromatic carbocycles. The van der Waals surface area contributed by atoms with Crippen molar-refractivity contribution < 1.29 is 27.5 Å². The molecule has 0 spiro atoms. The van der Waals surface area contributed by atoms with Gasteiger partial charge in [-0.25, -0.2) is 9.86 Å². The smallest absolute Gasteiger partial charge is 0.489 e. The number of carbonyl (C=O) groups excluding carboxylic acids is 1. The second-order valence-corrected chi connectivity index (χ2v) is 10.3. The third kappa shape index (κ3) is 5.97. The number of ether oxygens (including phenoxy) is 1. The van der Waals surface area contributed by atoms with E-state index in [1.807, 2.05) is 36.4 Å². The molecule has 5 nitrogen and oxygen atoms in total. The number of anilines is 1. The molecule has 6 rings (SSSR count). The molecule has 0 N–H and O–H groups in total. The second-order valence-electron chi connectivity index (χ2n) is 10.3. The van der Waals surface area contributed by atoms with Gasteiger partial charge in [0.05, 0.1) is 12.2 Å². The minimum atomic E-state index is -5.04. The zero-order chi connectivity index (χ0) is 25.1. The molecule has 1 saturated carbocycles. The van der Waals surface area contributed by atoms with Crippen LogP contribution < -0.4 is 9.80 Å². The number of hydrogen-bond donors (Lipinski definition) is 0. The molecule has 1 atom stereocenters. The summed E-state index contributed by atoms with van der Waals surface area (Å²) in [6.45, 7) is 3.59. The SMILES string of the molecule is O=C(ON(CC1CCCCC1)c1ccc(-c2ccc(OC3CN4CCC3CC4)cc2)cc1)C(F)(F)F. The zero-order valence-corrected chi connectivity index (χ0v) is 20.4. The highest BCUT2D eigenvalue weighted by atomic mass is 19.4. The van der Waals surface area contributed by atoms with E-state index in [9.17, 15) is 18.0 Å². The van der Waals surface area contributed by atoms with E-state index >= 15 is 0 Å². The average Bonchev–Trinajstić information content (AvgIpc) is 2.90. The van der Waals surface area contributed by atoms with Gasteiger partial charge in [0.15, 0.2) is 0 Å². The highest BCUT2D eigenvalue weighted by Crippen LogP contribution is 2.33. The summed E-state index contributed by atoms with van der Waals surface area (Å²) in [5, 5.41) is 1.11. The molecule has 4 aliphatic rings. The summed E-state index contributed by atoms with van der Waals surface area (Å²) in [7, 11) is 0. The number of benzene rings is 2. The summed E-state index contributed by atoms with van der Waals surface area (Å²) in [6, 6.07) is 15.0. The molecule has 3 heterocycles. The van der Waals surface area contributed by atoms with Gasteiger partial charge in [-0.05, 0) is 86.0 Å². The Bertz CT molecular complexity index is 1010. The van der Waals surface area contributed by atoms with E-state index in [1.54, 1.807) is 12.1 Å². The van der Waals surface area contributed by atoms with Gasteiger partial charge in [-0.1, -0.05) is 43.5 Å². The number of carbonyl (C=O) groups is 1. The minimum absolute atomic E-state index is 0.197. The van der Waals surface area contributed by atoms with Crippen molar-refractivity contribution >= 4 is 11.7 Å². The Labute approximate surface area is 210 Å². The van der Waals surface area contributed by atoms with Crippen LogP contribution in [0, 0.1) is 11.8 Å². The van der Waals surface area contributed by atoms with Crippen molar-refractivity contribution in [3.8, 4) is 16.9 Å². The summed E-state index contributed by atoms with van der Waals surface area (Å²) < 4.78 is 45.0. The molecule has 0 amide bonds. The van der Waals surface area contributed by atoms with Crippen LogP contribution in [-0.2, 0) is 9.63 Å². The maximum Gasteiger partial charge on any atom is 0.493 e. The van der Waals surface area contributed by atoms with Crippen molar-refractivity contribution in [3.63, 3.8) is 0 Å². The number of halogens is 3. The fourth-order valence-corrected chi connectivity index (χ4v) is 5.72. The minimum Gasteiger partial charge on any atom is -0.489 e. The lowest BCUT2D eigenvalue weighted by molar-refractivity contribution is -0.201. The fraction of sp³-hybridized carbons (Fsp3) is 0.536. The summed E-state index contributed by atoms with van der Waals surface area (Å²) in [5.41, 5.74) is 2.34. The van der Waals surface area contributed by atoms with E-state index < -0.39 is 12.1 Å². The summed E-state index contributed by atoms with van der Waals surface area (Å²) in [4.78, 5) is 18.9. The van der Waals surface area contributed by atoms with Gasteiger partial charge < -0.3 is 9.57 Å². The van der Waals surface area contributed by atoms with Crippen molar-refractivity contribution in [1.82, 2.24) is 4.90 Å². The lowest BCUT2D eigenvalue weighted by atomic mass is 9.86. The van der Waals surface area contributed by atoms with Crippen molar-refractivity contribution in [2.24, 2.45) is 11.8 Å². The molecule has 3 aliphatic heterocycles. The summed E-state index contributed by atoms with van der Waals surface area (Å²) >= 11 is 0. The lowest BCUT2D eigenvalue weighted by Gasteiger charge is -2.44. The van der Waals surface area contributed by atoms with Gasteiger partial charge in [0.2, 0.25) is 0 Å². The van der Waals surface area contributed by atoms with Gasteiger partial charge in [-0.2, -0.15) is 13.2 Å². The standard InChI is InChI=1S/C28H33F3N2O3/c29-28(30,31)27(34)36-33(18-20-4-2-1-3-5-20)24-10-6-21(7-11-24)22-8-12-25(13-9-22)35-26-19-32-16-14-23(26)15-17-32/h6-13,20,23,26H,1-5,14-19H2. The molecule has 3 saturated heterocycles. The lowest BCUT2D eigenvalue weighted by Crippen LogP contribution is -2.52. The molecule has 4 fully saturated rings. The van der Waals surface area contributed by atoms with E-state index in [0.29, 0.717) is 11.6 Å². The maximum atomic E-state index is 12.9. The van der Waals surface area contributed by atoms with Gasteiger partial charge in [-0.15, -0.1) is 0 Å². The first-order valence-corrected chi connectivity index (χ1v) is 13.0. The monoisotopic (exact) mass is 502 g/mol. The Morgan fingerprint density at radius 2 is 1.50 bits per heavy atom. The molecule has 36 heavy (non-hydrogen) atoms. The molecule has 2 bridgehead atoms. The Hall–Kier alpha value is -2.74. The van der Waals surface area contributed by atoms with Crippen LogP contribution in [0.2, 0.25) is 0 Å². The molecule has 1 aliphatic carbocycles. The van der Waals surface area contributed by atoms with Crippen molar-refractivity contribution in [1.29, 1.82) is 0 Å². The predicted octanol–water partition coefficient (Wildman–Crippen LogP) is 6.23. The van der Waals surface area contributed by atoms with Crippen LogP contribution in [0.15, 0.2) is 48.5 Å². The Balaban J connectivity index is 1.26. The number of alkyl halides is 3. The van der Waals surface area contributed by atoms with Crippen LogP contribution in [-0.4, -0.2) is 49.3 Å². The molecule has 0 radical (unpaired) electrons. The predicted molar refractivity (Wildman–Crippen MR) is 132 cm³/mol. The molecule has 2 aromatic rings. The first kappa shape index (κ1) is 24.9. The van der Waals surface area contributed by atoms with Crippen LogP contribution in [0.3, 0.4) is 0 Å². The number of hydroxylamine groups is 1. The van der Waals surface area contributed by atoms with Crippen LogP contribution in [0.4, 0.5) is 18.9 Å². The number of nitrogens with zero attached hydrogens (tertiary/aromatic N) is 2. The molecule has 0 aromatic heterocycles. The summed E-state index contributed by atoms with van der Waals surface area (Å²) in [6.07, 6.45) is 2.68. The van der Waals surface area contributed by atoms with Gasteiger partial charge in [0, 0.05) is 6.54 Å². The fourth-order valence-electron chi connectivity index (χ4n) is 5.72.